The molecule has 1 aliphatic carbocycles. The average Bonchev–Trinajstić information content (AvgIpc) is 3.30. The lowest BCUT2D eigenvalue weighted by molar-refractivity contribution is -0.140. The first kappa shape index (κ1) is 14.9. The Kier molecular flexibility index (Phi) is 4.05. The fourth-order valence-electron chi connectivity index (χ4n) is 3.35. The second kappa shape index (κ2) is 5.99. The Balaban J connectivity index is 1.73. The number of rotatable bonds is 3. The normalized spacial score (nSPS) is 28.0. The van der Waals surface area contributed by atoms with Crippen LogP contribution < -0.4 is 5.32 Å². The van der Waals surface area contributed by atoms with E-state index in [2.05, 4.69) is 5.32 Å². The molecule has 1 aromatic rings. The van der Waals surface area contributed by atoms with Crippen molar-refractivity contribution in [1.82, 2.24) is 10.2 Å². The summed E-state index contributed by atoms with van der Waals surface area (Å²) in [5.74, 6) is 0.390. The number of benzene rings is 1. The monoisotopic (exact) mass is 302 g/mol. The molecular formula is C17H22N2O3. The van der Waals surface area contributed by atoms with Crippen LogP contribution in [0.25, 0.3) is 0 Å². The zero-order chi connectivity index (χ0) is 15.7. The molecule has 0 aromatic heterocycles. The Morgan fingerprint density at radius 3 is 3.00 bits per heavy atom. The Morgan fingerprint density at radius 1 is 1.45 bits per heavy atom. The molecule has 2 aliphatic rings. The topological polar surface area (TPSA) is 69.6 Å². The third kappa shape index (κ3) is 2.80. The van der Waals surface area contributed by atoms with Gasteiger partial charge in [0, 0.05) is 19.0 Å². The van der Waals surface area contributed by atoms with Crippen LogP contribution in [0.1, 0.15) is 37.7 Å². The number of hydrogen-bond acceptors (Lipinski definition) is 3. The van der Waals surface area contributed by atoms with Crippen LogP contribution in [0.2, 0.25) is 0 Å². The first-order valence-corrected chi connectivity index (χ1v) is 7.99. The van der Waals surface area contributed by atoms with Crippen molar-refractivity contribution in [2.75, 3.05) is 13.1 Å². The summed E-state index contributed by atoms with van der Waals surface area (Å²) in [6.07, 6.45) is 2.25. The van der Waals surface area contributed by atoms with E-state index < -0.39 is 0 Å². The van der Waals surface area contributed by atoms with Crippen LogP contribution in [0.3, 0.4) is 0 Å². The fraction of sp³-hybridized carbons (Fsp3) is 0.529. The molecule has 2 fully saturated rings. The summed E-state index contributed by atoms with van der Waals surface area (Å²) in [5.41, 5.74) is 1.01. The summed E-state index contributed by atoms with van der Waals surface area (Å²) in [7, 11) is 0. The molecule has 0 radical (unpaired) electrons. The molecule has 0 bridgehead atoms. The van der Waals surface area contributed by atoms with Crippen molar-refractivity contribution in [1.29, 1.82) is 0 Å². The zero-order valence-electron chi connectivity index (χ0n) is 12.8. The summed E-state index contributed by atoms with van der Waals surface area (Å²) in [5, 5.41) is 12.4. The van der Waals surface area contributed by atoms with Gasteiger partial charge in [-0.15, -0.1) is 0 Å². The molecule has 1 heterocycles. The average molecular weight is 302 g/mol. The highest BCUT2D eigenvalue weighted by molar-refractivity contribution is 5.90. The number of nitrogens with one attached hydrogen (secondary N) is 1. The van der Waals surface area contributed by atoms with Crippen molar-refractivity contribution in [3.63, 3.8) is 0 Å². The van der Waals surface area contributed by atoms with Crippen LogP contribution in [0.4, 0.5) is 0 Å². The Bertz CT molecular complexity index is 587. The van der Waals surface area contributed by atoms with E-state index in [1.807, 2.05) is 13.0 Å². The van der Waals surface area contributed by atoms with Gasteiger partial charge in [-0.3, -0.25) is 9.59 Å². The van der Waals surface area contributed by atoms with Crippen molar-refractivity contribution < 1.29 is 14.7 Å². The van der Waals surface area contributed by atoms with Gasteiger partial charge in [-0.1, -0.05) is 19.1 Å². The molecule has 3 atom stereocenters. The predicted molar refractivity (Wildman–Crippen MR) is 82.4 cm³/mol. The summed E-state index contributed by atoms with van der Waals surface area (Å²) < 4.78 is 0. The summed E-state index contributed by atoms with van der Waals surface area (Å²) in [6, 6.07) is 6.77. The van der Waals surface area contributed by atoms with Crippen LogP contribution in [0, 0.1) is 5.92 Å². The Labute approximate surface area is 130 Å². The van der Waals surface area contributed by atoms with E-state index in [0.29, 0.717) is 19.5 Å². The molecule has 22 heavy (non-hydrogen) atoms. The van der Waals surface area contributed by atoms with Gasteiger partial charge in [0.1, 0.15) is 11.8 Å². The smallest absolute Gasteiger partial charge is 0.242 e. The van der Waals surface area contributed by atoms with E-state index in [1.54, 1.807) is 23.1 Å². The number of amides is 2. The molecule has 1 aliphatic heterocycles. The van der Waals surface area contributed by atoms with Gasteiger partial charge in [0.05, 0.1) is 0 Å². The van der Waals surface area contributed by atoms with Crippen LogP contribution >= 0.6 is 0 Å². The van der Waals surface area contributed by atoms with E-state index in [1.165, 1.54) is 0 Å². The van der Waals surface area contributed by atoms with Gasteiger partial charge in [0.15, 0.2) is 0 Å². The standard InChI is InChI=1S/C17H22N2O3/c1-2-15-16(21)18-7-4-8-19(15)17(22)14-10-13(14)11-5-3-6-12(20)9-11/h3,5-6,9,13-15,20H,2,4,7-8,10H2,1H3,(H,18,21)/t13-,14+,15+/m0/s1. The summed E-state index contributed by atoms with van der Waals surface area (Å²) in [6.45, 7) is 3.22. The molecule has 118 valence electrons. The maximum atomic E-state index is 12.8. The minimum Gasteiger partial charge on any atom is -0.508 e. The van der Waals surface area contributed by atoms with Gasteiger partial charge in [-0.05, 0) is 42.9 Å². The SMILES string of the molecule is CC[C@@H]1C(=O)NCCCN1C(=O)[C@@H]1C[C@H]1c1cccc(O)c1. The molecule has 2 N–H and O–H groups in total. The fourth-order valence-corrected chi connectivity index (χ4v) is 3.35. The van der Waals surface area contributed by atoms with Crippen LogP contribution in [0.5, 0.6) is 5.75 Å². The minimum absolute atomic E-state index is 0.0390. The van der Waals surface area contributed by atoms with Gasteiger partial charge in [0.2, 0.25) is 11.8 Å². The third-order valence-corrected chi connectivity index (χ3v) is 4.63. The molecule has 0 spiro atoms. The Hall–Kier alpha value is -2.04. The highest BCUT2D eigenvalue weighted by Gasteiger charge is 2.47. The first-order chi connectivity index (χ1) is 10.6. The summed E-state index contributed by atoms with van der Waals surface area (Å²) in [4.78, 5) is 26.6. The van der Waals surface area contributed by atoms with E-state index in [-0.39, 0.29) is 35.4 Å². The van der Waals surface area contributed by atoms with Gasteiger partial charge >= 0.3 is 0 Å². The van der Waals surface area contributed by atoms with Crippen molar-refractivity contribution >= 4 is 11.8 Å². The van der Waals surface area contributed by atoms with E-state index in [0.717, 1.165) is 18.4 Å². The van der Waals surface area contributed by atoms with Crippen LogP contribution in [-0.4, -0.2) is 41.0 Å². The second-order valence-corrected chi connectivity index (χ2v) is 6.14. The maximum Gasteiger partial charge on any atom is 0.242 e. The third-order valence-electron chi connectivity index (χ3n) is 4.63. The number of phenols is 1. The number of nitrogens with zero attached hydrogens (tertiary/aromatic N) is 1. The van der Waals surface area contributed by atoms with Crippen molar-refractivity contribution in [3.05, 3.63) is 29.8 Å². The minimum atomic E-state index is -0.347. The van der Waals surface area contributed by atoms with Crippen molar-refractivity contribution in [2.45, 2.75) is 38.1 Å². The van der Waals surface area contributed by atoms with Crippen LogP contribution in [0.15, 0.2) is 24.3 Å². The number of carbonyl (C=O) groups is 2. The quantitative estimate of drug-likeness (QED) is 0.891. The molecular weight excluding hydrogens is 280 g/mol. The lowest BCUT2D eigenvalue weighted by Gasteiger charge is -2.28. The molecule has 5 heteroatoms. The highest BCUT2D eigenvalue weighted by atomic mass is 16.3. The molecule has 5 nitrogen and oxygen atoms in total. The van der Waals surface area contributed by atoms with Crippen LogP contribution in [-0.2, 0) is 9.59 Å². The number of carbonyl (C=O) groups excluding carboxylic acids is 2. The Morgan fingerprint density at radius 2 is 2.27 bits per heavy atom. The van der Waals surface area contributed by atoms with Gasteiger partial charge < -0.3 is 15.3 Å². The molecule has 1 saturated heterocycles. The largest absolute Gasteiger partial charge is 0.508 e. The molecule has 2 amide bonds. The van der Waals surface area contributed by atoms with E-state index in [9.17, 15) is 14.7 Å². The molecule has 1 aromatic carbocycles. The zero-order valence-corrected chi connectivity index (χ0v) is 12.8. The summed E-state index contributed by atoms with van der Waals surface area (Å²) >= 11 is 0. The van der Waals surface area contributed by atoms with E-state index in [4.69, 9.17) is 0 Å². The van der Waals surface area contributed by atoms with Crippen molar-refractivity contribution in [3.8, 4) is 5.75 Å². The van der Waals surface area contributed by atoms with Gasteiger partial charge in [0.25, 0.3) is 0 Å². The number of aromatic hydroxyl groups is 1. The number of hydrogen-bond donors (Lipinski definition) is 2. The molecule has 3 rings (SSSR count). The maximum absolute atomic E-state index is 12.8. The molecule has 0 unspecified atom stereocenters. The first-order valence-electron chi connectivity index (χ1n) is 7.99. The van der Waals surface area contributed by atoms with Crippen molar-refractivity contribution in [2.24, 2.45) is 5.92 Å². The lowest BCUT2D eigenvalue weighted by atomic mass is 10.1. The number of phenolic OH excluding ortho intramolecular Hbond substituents is 1. The lowest BCUT2D eigenvalue weighted by Crippen LogP contribution is -2.47. The van der Waals surface area contributed by atoms with Gasteiger partial charge in [-0.2, -0.15) is 0 Å². The molecule has 1 saturated carbocycles. The van der Waals surface area contributed by atoms with E-state index >= 15 is 0 Å². The second-order valence-electron chi connectivity index (χ2n) is 6.14. The predicted octanol–water partition coefficient (Wildman–Crippen LogP) is 1.62. The van der Waals surface area contributed by atoms with Gasteiger partial charge in [-0.25, -0.2) is 0 Å². The highest BCUT2D eigenvalue weighted by Crippen LogP contribution is 2.49.